The van der Waals surface area contributed by atoms with Gasteiger partial charge in [-0.3, -0.25) is 14.5 Å². The Kier molecular flexibility index (Phi) is 12.3. The molecule has 3 amide bonds. The number of amides is 3. The van der Waals surface area contributed by atoms with Crippen LogP contribution in [-0.2, 0) is 14.3 Å². The second-order valence-electron chi connectivity index (χ2n) is 9.37. The smallest absolute Gasteiger partial charge is 0.416 e. The molecule has 1 aliphatic carbocycles. The van der Waals surface area contributed by atoms with Gasteiger partial charge < -0.3 is 10.1 Å². The Morgan fingerprint density at radius 3 is 2.37 bits per heavy atom. The highest BCUT2D eigenvalue weighted by Gasteiger charge is 2.37. The third-order valence-corrected chi connectivity index (χ3v) is 6.91. The normalized spacial score (nSPS) is 16.4. The molecule has 1 saturated heterocycles. The third-order valence-electron chi connectivity index (χ3n) is 6.56. The van der Waals surface area contributed by atoms with Crippen molar-refractivity contribution in [3.8, 4) is 0 Å². The largest absolute Gasteiger partial charge is 0.447 e. The number of nitrogens with zero attached hydrogens (tertiary/aromatic N) is 4. The number of alkyl halides is 2. The first-order valence-electron chi connectivity index (χ1n) is 13.8. The minimum Gasteiger partial charge on any atom is -0.447 e. The monoisotopic (exact) mass is 619 g/mol. The molecule has 2 fully saturated rings. The Bertz CT molecular complexity index is 1360. The van der Waals surface area contributed by atoms with E-state index in [2.05, 4.69) is 15.3 Å². The maximum atomic E-state index is 13.7. The lowest BCUT2D eigenvalue weighted by atomic mass is 9.91. The molecule has 0 bridgehead atoms. The summed E-state index contributed by atoms with van der Waals surface area (Å²) >= 11 is 6.27. The second kappa shape index (κ2) is 15.9. The van der Waals surface area contributed by atoms with E-state index in [9.17, 15) is 27.6 Å². The molecule has 9 nitrogen and oxygen atoms in total. The molecule has 2 aromatic carbocycles. The summed E-state index contributed by atoms with van der Waals surface area (Å²) in [5, 5.41) is 3.01. The number of hydrogen-bond acceptors (Lipinski definition) is 6. The van der Waals surface area contributed by atoms with Crippen LogP contribution in [0.5, 0.6) is 0 Å². The molecule has 5 rings (SSSR count). The predicted octanol–water partition coefficient (Wildman–Crippen LogP) is 6.34. The second-order valence-corrected chi connectivity index (χ2v) is 9.78. The first kappa shape index (κ1) is 33.3. The fraction of sp³-hybridized carbons (Fsp3) is 0.367. The van der Waals surface area contributed by atoms with Gasteiger partial charge in [-0.15, -0.1) is 0 Å². The Morgan fingerprint density at radius 2 is 1.79 bits per heavy atom. The van der Waals surface area contributed by atoms with E-state index in [0.717, 1.165) is 11.0 Å². The van der Waals surface area contributed by atoms with E-state index in [1.807, 2.05) is 13.8 Å². The molecular formula is C30H33ClF3N5O4. The number of ether oxygens (including phenoxy) is 1. The van der Waals surface area contributed by atoms with Crippen LogP contribution in [0.4, 0.5) is 29.6 Å². The Labute approximate surface area is 253 Å². The molecule has 1 saturated carbocycles. The van der Waals surface area contributed by atoms with Crippen LogP contribution in [-0.4, -0.2) is 53.5 Å². The SMILES string of the molecule is CC.O=C1OCCN1c1ncccn1.O=CN(c1cccc(F)c1)C(C(=O)NC1CCC(F)(F)CC1)c1ccccc1Cl. The zero-order valence-electron chi connectivity index (χ0n) is 23.8. The molecule has 1 unspecified atom stereocenters. The summed E-state index contributed by atoms with van der Waals surface area (Å²) in [5.74, 6) is -3.45. The van der Waals surface area contributed by atoms with Gasteiger partial charge in [0.1, 0.15) is 18.5 Å². The van der Waals surface area contributed by atoms with E-state index in [0.29, 0.717) is 31.1 Å². The zero-order valence-corrected chi connectivity index (χ0v) is 24.5. The predicted molar refractivity (Wildman–Crippen MR) is 157 cm³/mol. The van der Waals surface area contributed by atoms with E-state index in [1.165, 1.54) is 23.1 Å². The van der Waals surface area contributed by atoms with Gasteiger partial charge in [-0.1, -0.05) is 49.7 Å². The van der Waals surface area contributed by atoms with E-state index in [-0.39, 0.29) is 42.5 Å². The molecule has 1 N–H and O–H groups in total. The van der Waals surface area contributed by atoms with Gasteiger partial charge >= 0.3 is 6.09 Å². The fourth-order valence-corrected chi connectivity index (χ4v) is 4.73. The number of rotatable bonds is 7. The van der Waals surface area contributed by atoms with Crippen LogP contribution < -0.4 is 15.1 Å². The number of carbonyl (C=O) groups excluding carboxylic acids is 3. The van der Waals surface area contributed by atoms with Gasteiger partial charge in [-0.25, -0.2) is 32.8 Å². The molecule has 2 heterocycles. The number of aromatic nitrogens is 2. The van der Waals surface area contributed by atoms with Crippen molar-refractivity contribution < 1.29 is 32.3 Å². The summed E-state index contributed by atoms with van der Waals surface area (Å²) in [5.41, 5.74) is 0.527. The summed E-state index contributed by atoms with van der Waals surface area (Å²) in [6, 6.07) is 11.9. The van der Waals surface area contributed by atoms with Gasteiger partial charge in [-0.2, -0.15) is 0 Å². The van der Waals surface area contributed by atoms with Crippen LogP contribution >= 0.6 is 11.6 Å². The summed E-state index contributed by atoms with van der Waals surface area (Å²) in [7, 11) is 0. The third kappa shape index (κ3) is 9.15. The lowest BCUT2D eigenvalue weighted by molar-refractivity contribution is -0.125. The van der Waals surface area contributed by atoms with Gasteiger partial charge in [0.05, 0.1) is 6.54 Å². The van der Waals surface area contributed by atoms with Crippen LogP contribution in [0.2, 0.25) is 5.02 Å². The van der Waals surface area contributed by atoms with Crippen LogP contribution in [0.15, 0.2) is 67.0 Å². The van der Waals surface area contributed by atoms with E-state index >= 15 is 0 Å². The number of cyclic esters (lactones) is 1. The van der Waals surface area contributed by atoms with Crippen molar-refractivity contribution in [3.63, 3.8) is 0 Å². The number of nitrogens with one attached hydrogen (secondary N) is 1. The van der Waals surface area contributed by atoms with Crippen molar-refractivity contribution in [2.24, 2.45) is 0 Å². The first-order valence-corrected chi connectivity index (χ1v) is 14.2. The van der Waals surface area contributed by atoms with Gasteiger partial charge in [0, 0.05) is 47.6 Å². The molecule has 1 aliphatic heterocycles. The highest BCUT2D eigenvalue weighted by molar-refractivity contribution is 6.31. The van der Waals surface area contributed by atoms with Gasteiger partial charge in [-0.05, 0) is 43.2 Å². The molecule has 1 atom stereocenters. The quantitative estimate of drug-likeness (QED) is 0.310. The highest BCUT2D eigenvalue weighted by Crippen LogP contribution is 2.35. The average molecular weight is 620 g/mol. The summed E-state index contributed by atoms with van der Waals surface area (Å²) in [6.45, 7) is 4.94. The van der Waals surface area contributed by atoms with E-state index in [4.69, 9.17) is 16.3 Å². The maximum absolute atomic E-state index is 13.7. The fourth-order valence-electron chi connectivity index (χ4n) is 4.49. The molecule has 0 spiro atoms. The van der Waals surface area contributed by atoms with Crippen molar-refractivity contribution in [2.45, 2.75) is 57.5 Å². The lowest BCUT2D eigenvalue weighted by Gasteiger charge is -2.33. The van der Waals surface area contributed by atoms with Crippen molar-refractivity contribution in [3.05, 3.63) is 83.4 Å². The first-order chi connectivity index (χ1) is 20.7. The molecule has 13 heteroatoms. The van der Waals surface area contributed by atoms with Crippen molar-refractivity contribution in [2.75, 3.05) is 23.0 Å². The standard InChI is InChI=1S/C21H20ClF3N2O2.C7H7N3O2.C2H6/c22-18-7-2-1-6-17(18)19(27(13-28)16-5-3-4-14(23)12-16)20(29)26-15-8-10-21(24,25)11-9-15;11-7-10(4-5-12-7)6-8-2-1-3-9-6;1-2/h1-7,12-13,15,19H,8-11H2,(H,26,29);1-3H,4-5H2;1-2H3. The summed E-state index contributed by atoms with van der Waals surface area (Å²) < 4.78 is 45.3. The zero-order chi connectivity index (χ0) is 31.4. The number of anilines is 2. The molecule has 43 heavy (non-hydrogen) atoms. The van der Waals surface area contributed by atoms with Gasteiger partial charge in [0.25, 0.3) is 0 Å². The van der Waals surface area contributed by atoms with Crippen molar-refractivity contribution >= 4 is 41.6 Å². The van der Waals surface area contributed by atoms with E-state index < -0.39 is 29.7 Å². The summed E-state index contributed by atoms with van der Waals surface area (Å²) in [4.78, 5) is 46.4. The molecular weight excluding hydrogens is 587 g/mol. The minimum absolute atomic E-state index is 0.134. The minimum atomic E-state index is -2.72. The maximum Gasteiger partial charge on any atom is 0.416 e. The van der Waals surface area contributed by atoms with Crippen LogP contribution in [0.25, 0.3) is 0 Å². The van der Waals surface area contributed by atoms with Crippen molar-refractivity contribution in [1.29, 1.82) is 0 Å². The number of carbonyl (C=O) groups is 3. The molecule has 0 radical (unpaired) electrons. The van der Waals surface area contributed by atoms with Crippen LogP contribution in [0, 0.1) is 5.82 Å². The van der Waals surface area contributed by atoms with Crippen molar-refractivity contribution in [1.82, 2.24) is 15.3 Å². The molecule has 2 aliphatic rings. The Balaban J connectivity index is 0.000000299. The molecule has 3 aromatic rings. The Morgan fingerprint density at radius 1 is 1.12 bits per heavy atom. The molecule has 230 valence electrons. The lowest BCUT2D eigenvalue weighted by Crippen LogP contribution is -2.46. The topological polar surface area (TPSA) is 105 Å². The highest BCUT2D eigenvalue weighted by atomic mass is 35.5. The van der Waals surface area contributed by atoms with Gasteiger partial charge in [0.15, 0.2) is 0 Å². The number of benzene rings is 2. The Hall–Kier alpha value is -4.19. The van der Waals surface area contributed by atoms with E-state index in [1.54, 1.807) is 42.7 Å². The number of halogens is 4. The summed E-state index contributed by atoms with van der Waals surface area (Å²) in [6.07, 6.45) is 2.89. The number of hydrogen-bond donors (Lipinski definition) is 1. The van der Waals surface area contributed by atoms with Crippen LogP contribution in [0.1, 0.15) is 51.1 Å². The van der Waals surface area contributed by atoms with Crippen LogP contribution in [0.3, 0.4) is 0 Å². The average Bonchev–Trinajstić information content (AvgIpc) is 3.45. The van der Waals surface area contributed by atoms with Gasteiger partial charge in [0.2, 0.25) is 24.2 Å². The molecule has 1 aromatic heterocycles.